The van der Waals surface area contributed by atoms with E-state index in [9.17, 15) is 13.2 Å². The Bertz CT molecular complexity index is 392. The molecule has 0 aromatic rings. The van der Waals surface area contributed by atoms with E-state index in [0.29, 0.717) is 18.1 Å². The standard InChI is InChI=1S/C11H21NO4S2/c1-3-16-10(13)11(12,9-4-5-9)8-17-6-7-18(2,14)15/h9H,3-8,12H2,1-2H3. The van der Waals surface area contributed by atoms with E-state index in [0.717, 1.165) is 12.8 Å². The van der Waals surface area contributed by atoms with Gasteiger partial charge in [-0.3, -0.25) is 4.79 Å². The van der Waals surface area contributed by atoms with Gasteiger partial charge in [0.2, 0.25) is 0 Å². The minimum Gasteiger partial charge on any atom is -0.465 e. The number of carbonyl (C=O) groups is 1. The summed E-state index contributed by atoms with van der Waals surface area (Å²) in [5, 5.41) is 0. The number of sulfone groups is 1. The van der Waals surface area contributed by atoms with Crippen LogP contribution < -0.4 is 5.73 Å². The molecule has 1 aliphatic carbocycles. The van der Waals surface area contributed by atoms with Gasteiger partial charge in [0.1, 0.15) is 15.4 Å². The molecule has 0 saturated heterocycles. The monoisotopic (exact) mass is 295 g/mol. The van der Waals surface area contributed by atoms with Gasteiger partial charge in [-0.15, -0.1) is 0 Å². The SMILES string of the molecule is CCOC(=O)C(N)(CSCCS(C)(=O)=O)C1CC1. The lowest BCUT2D eigenvalue weighted by molar-refractivity contribution is -0.149. The number of carbonyl (C=O) groups excluding carboxylic acids is 1. The van der Waals surface area contributed by atoms with Crippen LogP contribution in [0.3, 0.4) is 0 Å². The molecule has 1 saturated carbocycles. The second kappa shape index (κ2) is 6.25. The van der Waals surface area contributed by atoms with Crippen LogP contribution in [0.15, 0.2) is 0 Å². The molecule has 1 atom stereocenters. The van der Waals surface area contributed by atoms with E-state index in [1.54, 1.807) is 6.92 Å². The Kier molecular flexibility index (Phi) is 5.48. The van der Waals surface area contributed by atoms with Crippen molar-refractivity contribution in [3.05, 3.63) is 0 Å². The zero-order chi connectivity index (χ0) is 13.8. The van der Waals surface area contributed by atoms with Gasteiger partial charge in [0, 0.05) is 17.8 Å². The van der Waals surface area contributed by atoms with Gasteiger partial charge < -0.3 is 10.5 Å². The summed E-state index contributed by atoms with van der Waals surface area (Å²) in [6.07, 6.45) is 3.10. The number of nitrogens with two attached hydrogens (primary N) is 1. The van der Waals surface area contributed by atoms with Gasteiger partial charge in [0.25, 0.3) is 0 Å². The Morgan fingerprint density at radius 3 is 2.56 bits per heavy atom. The molecule has 5 nitrogen and oxygen atoms in total. The summed E-state index contributed by atoms with van der Waals surface area (Å²) in [5.41, 5.74) is 5.19. The van der Waals surface area contributed by atoms with Gasteiger partial charge >= 0.3 is 5.97 Å². The number of hydrogen-bond donors (Lipinski definition) is 1. The van der Waals surface area contributed by atoms with Crippen molar-refractivity contribution in [2.45, 2.75) is 25.3 Å². The Morgan fingerprint density at radius 2 is 2.11 bits per heavy atom. The molecular formula is C11H21NO4S2. The van der Waals surface area contributed by atoms with Crippen LogP contribution in [0.2, 0.25) is 0 Å². The van der Waals surface area contributed by atoms with Crippen LogP contribution in [0.25, 0.3) is 0 Å². The smallest absolute Gasteiger partial charge is 0.327 e. The maximum Gasteiger partial charge on any atom is 0.327 e. The number of ether oxygens (including phenoxy) is 1. The Hall–Kier alpha value is -0.270. The first kappa shape index (κ1) is 15.8. The van der Waals surface area contributed by atoms with E-state index >= 15 is 0 Å². The third-order valence-corrected chi connectivity index (χ3v) is 5.28. The van der Waals surface area contributed by atoms with Crippen molar-refractivity contribution in [3.63, 3.8) is 0 Å². The summed E-state index contributed by atoms with van der Waals surface area (Å²) < 4.78 is 27.0. The summed E-state index contributed by atoms with van der Waals surface area (Å²) in [7, 11) is -2.95. The van der Waals surface area contributed by atoms with Crippen molar-refractivity contribution in [2.24, 2.45) is 11.7 Å². The normalized spacial score (nSPS) is 19.3. The fourth-order valence-corrected chi connectivity index (χ4v) is 4.18. The highest BCUT2D eigenvalue weighted by atomic mass is 32.2. The fraction of sp³-hybridized carbons (Fsp3) is 0.909. The zero-order valence-corrected chi connectivity index (χ0v) is 12.5. The molecule has 0 spiro atoms. The Morgan fingerprint density at radius 1 is 1.50 bits per heavy atom. The van der Waals surface area contributed by atoms with Crippen LogP contribution in [-0.2, 0) is 19.4 Å². The molecule has 0 aromatic carbocycles. The van der Waals surface area contributed by atoms with E-state index in [4.69, 9.17) is 10.5 Å². The van der Waals surface area contributed by atoms with E-state index in [1.807, 2.05) is 0 Å². The topological polar surface area (TPSA) is 86.5 Å². The van der Waals surface area contributed by atoms with Crippen LogP contribution in [0.1, 0.15) is 19.8 Å². The molecule has 2 N–H and O–H groups in total. The largest absolute Gasteiger partial charge is 0.465 e. The molecule has 18 heavy (non-hydrogen) atoms. The molecule has 0 heterocycles. The molecule has 0 amide bonds. The minimum atomic E-state index is -2.95. The van der Waals surface area contributed by atoms with Crippen molar-refractivity contribution in [1.29, 1.82) is 0 Å². The van der Waals surface area contributed by atoms with Gasteiger partial charge in [0.15, 0.2) is 0 Å². The first-order chi connectivity index (χ1) is 8.29. The lowest BCUT2D eigenvalue weighted by atomic mass is 9.97. The van der Waals surface area contributed by atoms with Gasteiger partial charge in [-0.05, 0) is 25.7 Å². The van der Waals surface area contributed by atoms with Crippen LogP contribution in [0, 0.1) is 5.92 Å². The van der Waals surface area contributed by atoms with Gasteiger partial charge in [-0.25, -0.2) is 8.42 Å². The molecule has 0 radical (unpaired) electrons. The molecule has 1 unspecified atom stereocenters. The lowest BCUT2D eigenvalue weighted by Crippen LogP contribution is -2.53. The van der Waals surface area contributed by atoms with Gasteiger partial charge in [-0.1, -0.05) is 0 Å². The van der Waals surface area contributed by atoms with Crippen molar-refractivity contribution >= 4 is 27.6 Å². The summed E-state index contributed by atoms with van der Waals surface area (Å²) in [5.74, 6) is 0.818. The van der Waals surface area contributed by atoms with Crippen molar-refractivity contribution in [3.8, 4) is 0 Å². The number of rotatable bonds is 8. The molecule has 1 aliphatic rings. The van der Waals surface area contributed by atoms with Crippen LogP contribution in [-0.4, -0.2) is 50.0 Å². The molecule has 7 heteroatoms. The third kappa shape index (κ3) is 4.78. The first-order valence-electron chi connectivity index (χ1n) is 6.01. The van der Waals surface area contributed by atoms with Gasteiger partial charge in [-0.2, -0.15) is 11.8 Å². The zero-order valence-electron chi connectivity index (χ0n) is 10.8. The average molecular weight is 295 g/mol. The highest BCUT2D eigenvalue weighted by Gasteiger charge is 2.48. The van der Waals surface area contributed by atoms with Crippen molar-refractivity contribution < 1.29 is 17.9 Å². The van der Waals surface area contributed by atoms with E-state index in [-0.39, 0.29) is 17.6 Å². The number of thioether (sulfide) groups is 1. The molecule has 0 bridgehead atoms. The summed E-state index contributed by atoms with van der Waals surface area (Å²) in [4.78, 5) is 11.9. The van der Waals surface area contributed by atoms with Crippen molar-refractivity contribution in [2.75, 3.05) is 30.1 Å². The second-order valence-electron chi connectivity index (χ2n) is 4.72. The molecule has 1 rings (SSSR count). The molecular weight excluding hydrogens is 274 g/mol. The first-order valence-corrected chi connectivity index (χ1v) is 9.22. The van der Waals surface area contributed by atoms with E-state index in [1.165, 1.54) is 18.0 Å². The van der Waals surface area contributed by atoms with Crippen LogP contribution >= 0.6 is 11.8 Å². The second-order valence-corrected chi connectivity index (χ2v) is 8.08. The Labute approximate surface area is 113 Å². The molecule has 0 aliphatic heterocycles. The predicted octanol–water partition coefficient (Wildman–Crippen LogP) is 0.435. The lowest BCUT2D eigenvalue weighted by Gasteiger charge is -2.26. The molecule has 0 aromatic heterocycles. The quantitative estimate of drug-likeness (QED) is 0.516. The van der Waals surface area contributed by atoms with E-state index in [2.05, 4.69) is 0 Å². The highest BCUT2D eigenvalue weighted by molar-refractivity contribution is 8.00. The highest BCUT2D eigenvalue weighted by Crippen LogP contribution is 2.40. The van der Waals surface area contributed by atoms with E-state index < -0.39 is 15.4 Å². The van der Waals surface area contributed by atoms with Crippen LogP contribution in [0.4, 0.5) is 0 Å². The minimum absolute atomic E-state index is 0.112. The van der Waals surface area contributed by atoms with Crippen molar-refractivity contribution in [1.82, 2.24) is 0 Å². The third-order valence-electron chi connectivity index (χ3n) is 2.90. The predicted molar refractivity (Wildman–Crippen MR) is 73.3 cm³/mol. The fourth-order valence-electron chi connectivity index (χ4n) is 1.66. The number of esters is 1. The van der Waals surface area contributed by atoms with Gasteiger partial charge in [0.05, 0.1) is 12.4 Å². The summed E-state index contributed by atoms with van der Waals surface area (Å²) in [6, 6.07) is 0. The van der Waals surface area contributed by atoms with Crippen LogP contribution in [0.5, 0.6) is 0 Å². The molecule has 1 fully saturated rings. The Balaban J connectivity index is 2.45. The summed E-state index contributed by atoms with van der Waals surface area (Å²) in [6.45, 7) is 2.07. The maximum absolute atomic E-state index is 11.9. The number of hydrogen-bond acceptors (Lipinski definition) is 6. The molecule has 106 valence electrons. The summed E-state index contributed by atoms with van der Waals surface area (Å²) >= 11 is 1.40. The maximum atomic E-state index is 11.9. The average Bonchev–Trinajstić information content (AvgIpc) is 3.07.